The third-order valence-electron chi connectivity index (χ3n) is 5.64. The lowest BCUT2D eigenvalue weighted by molar-refractivity contribution is -0.128. The molecule has 1 saturated heterocycles. The fourth-order valence-corrected chi connectivity index (χ4v) is 5.43. The molecule has 1 aromatic rings. The van der Waals surface area contributed by atoms with Crippen LogP contribution in [0.4, 0.5) is 0 Å². The molecule has 2 bridgehead atoms. The van der Waals surface area contributed by atoms with Crippen LogP contribution in [0.5, 0.6) is 0 Å². The molecular weight excluding hydrogens is 304 g/mol. The zero-order valence-electron chi connectivity index (χ0n) is 13.5. The molecule has 1 amide bonds. The molecule has 1 aliphatic heterocycles. The van der Waals surface area contributed by atoms with Crippen molar-refractivity contribution < 1.29 is 4.79 Å². The second-order valence-electron chi connectivity index (χ2n) is 7.12. The summed E-state index contributed by atoms with van der Waals surface area (Å²) in [5.41, 5.74) is 1.20. The molecule has 2 aliphatic carbocycles. The number of benzene rings is 1. The minimum Gasteiger partial charge on any atom is -0.291 e. The second-order valence-corrected chi connectivity index (χ2v) is 8.18. The van der Waals surface area contributed by atoms with Gasteiger partial charge in [0.05, 0.1) is 6.54 Å². The lowest BCUT2D eigenvalue weighted by Gasteiger charge is -2.24. The minimum atomic E-state index is 0.305. The summed E-state index contributed by atoms with van der Waals surface area (Å²) in [5, 5.41) is 0.932. The summed E-state index contributed by atoms with van der Waals surface area (Å²) in [5.74, 6) is 3.67. The number of carbonyl (C=O) groups excluding carboxylic acids is 1. The Hall–Kier alpha value is -1.29. The molecule has 0 unspecified atom stereocenters. The van der Waals surface area contributed by atoms with Gasteiger partial charge < -0.3 is 0 Å². The van der Waals surface area contributed by atoms with Crippen LogP contribution in [-0.2, 0) is 11.3 Å². The first-order valence-corrected chi connectivity index (χ1v) is 9.79. The van der Waals surface area contributed by atoms with E-state index in [1.54, 1.807) is 11.8 Å². The van der Waals surface area contributed by atoms with Gasteiger partial charge in [-0.2, -0.15) is 0 Å². The molecule has 0 radical (unpaired) electrons. The molecule has 3 fully saturated rings. The van der Waals surface area contributed by atoms with Gasteiger partial charge in [0, 0.05) is 18.7 Å². The third-order valence-corrected chi connectivity index (χ3v) is 6.63. The summed E-state index contributed by atoms with van der Waals surface area (Å²) in [4.78, 5) is 19.4. The van der Waals surface area contributed by atoms with Crippen molar-refractivity contribution in [2.24, 2.45) is 22.7 Å². The van der Waals surface area contributed by atoms with Crippen molar-refractivity contribution in [2.45, 2.75) is 38.6 Å². The van der Waals surface area contributed by atoms with E-state index >= 15 is 0 Å². The number of fused-ring (bicyclic) bond motifs is 2. The predicted molar refractivity (Wildman–Crippen MR) is 95.3 cm³/mol. The maximum Gasteiger partial charge on any atom is 0.228 e. The van der Waals surface area contributed by atoms with Crippen molar-refractivity contribution in [1.29, 1.82) is 0 Å². The number of amides is 1. The summed E-state index contributed by atoms with van der Waals surface area (Å²) < 4.78 is 0. The largest absolute Gasteiger partial charge is 0.291 e. The molecule has 4 rings (SSSR count). The van der Waals surface area contributed by atoms with Gasteiger partial charge in [0.2, 0.25) is 5.91 Å². The topological polar surface area (TPSA) is 32.7 Å². The summed E-state index contributed by atoms with van der Waals surface area (Å²) in [6.07, 6.45) is 6.16. The Morgan fingerprint density at radius 2 is 2.09 bits per heavy atom. The molecule has 3 aliphatic rings. The highest BCUT2D eigenvalue weighted by molar-refractivity contribution is 8.14. The highest BCUT2D eigenvalue weighted by atomic mass is 32.2. The number of nitrogens with zero attached hydrogens (tertiary/aromatic N) is 2. The Morgan fingerprint density at radius 1 is 1.22 bits per heavy atom. The van der Waals surface area contributed by atoms with Crippen LogP contribution in [0.1, 0.15) is 37.7 Å². The Morgan fingerprint density at radius 3 is 2.83 bits per heavy atom. The molecule has 4 heteroatoms. The van der Waals surface area contributed by atoms with E-state index in [9.17, 15) is 4.79 Å². The van der Waals surface area contributed by atoms with Crippen LogP contribution in [-0.4, -0.2) is 28.3 Å². The zero-order chi connectivity index (χ0) is 15.6. The number of hydrogen-bond donors (Lipinski definition) is 0. The first-order valence-electron chi connectivity index (χ1n) is 8.81. The molecule has 0 N–H and O–H groups in total. The lowest BCUT2D eigenvalue weighted by atomic mass is 9.86. The minimum absolute atomic E-state index is 0.305. The third kappa shape index (κ3) is 3.32. The summed E-state index contributed by atoms with van der Waals surface area (Å²) in [6, 6.07) is 10.3. The average Bonchev–Trinajstić information content (AvgIpc) is 3.30. The van der Waals surface area contributed by atoms with Crippen molar-refractivity contribution in [3.05, 3.63) is 35.9 Å². The van der Waals surface area contributed by atoms with Crippen molar-refractivity contribution in [3.8, 4) is 0 Å². The molecular formula is C19H24N2OS. The van der Waals surface area contributed by atoms with Crippen LogP contribution in [0.25, 0.3) is 0 Å². The number of aliphatic imine (C=N–C) groups is 1. The van der Waals surface area contributed by atoms with Crippen LogP contribution >= 0.6 is 11.8 Å². The Kier molecular flexibility index (Phi) is 4.43. The number of amidine groups is 1. The molecule has 1 aromatic carbocycles. The SMILES string of the molecule is O=C(C[C@H]1C[C@H]2CC[C@@H]1C2)N1CCSC1=NCc1ccccc1. The van der Waals surface area contributed by atoms with E-state index in [-0.39, 0.29) is 0 Å². The zero-order valence-corrected chi connectivity index (χ0v) is 14.3. The molecule has 1 heterocycles. The number of rotatable bonds is 4. The van der Waals surface area contributed by atoms with Crippen LogP contribution < -0.4 is 0 Å². The summed E-state index contributed by atoms with van der Waals surface area (Å²) in [6.45, 7) is 1.50. The molecule has 3 nitrogen and oxygen atoms in total. The Labute approximate surface area is 142 Å². The maximum atomic E-state index is 12.7. The monoisotopic (exact) mass is 328 g/mol. The summed E-state index contributed by atoms with van der Waals surface area (Å²) in [7, 11) is 0. The van der Waals surface area contributed by atoms with E-state index in [0.29, 0.717) is 18.4 Å². The molecule has 3 atom stereocenters. The van der Waals surface area contributed by atoms with Gasteiger partial charge in [-0.3, -0.25) is 14.7 Å². The van der Waals surface area contributed by atoms with Gasteiger partial charge in [0.15, 0.2) is 5.17 Å². The van der Waals surface area contributed by atoms with E-state index in [1.165, 1.54) is 31.2 Å². The standard InChI is InChI=1S/C19H24N2OS/c22-18(12-17-11-15-6-7-16(17)10-15)21-8-9-23-19(21)20-13-14-4-2-1-3-5-14/h1-5,15-17H,6-13H2/t15-,16+,17+/m0/s1. The molecule has 0 aromatic heterocycles. The number of thioether (sulfide) groups is 1. The van der Waals surface area contributed by atoms with Crippen molar-refractivity contribution in [2.75, 3.05) is 12.3 Å². The quantitative estimate of drug-likeness (QED) is 0.838. The second kappa shape index (κ2) is 6.68. The highest BCUT2D eigenvalue weighted by Crippen LogP contribution is 2.49. The van der Waals surface area contributed by atoms with Crippen molar-refractivity contribution in [3.63, 3.8) is 0 Å². The van der Waals surface area contributed by atoms with Crippen LogP contribution in [0, 0.1) is 17.8 Å². The van der Waals surface area contributed by atoms with E-state index in [4.69, 9.17) is 4.99 Å². The van der Waals surface area contributed by atoms with E-state index < -0.39 is 0 Å². The first kappa shape index (κ1) is 15.3. The summed E-state index contributed by atoms with van der Waals surface area (Å²) >= 11 is 1.73. The van der Waals surface area contributed by atoms with Crippen LogP contribution in [0.2, 0.25) is 0 Å². The van der Waals surface area contributed by atoms with E-state index in [0.717, 1.165) is 35.7 Å². The van der Waals surface area contributed by atoms with Gasteiger partial charge >= 0.3 is 0 Å². The van der Waals surface area contributed by atoms with Crippen LogP contribution in [0.15, 0.2) is 35.3 Å². The van der Waals surface area contributed by atoms with E-state index in [2.05, 4.69) is 12.1 Å². The van der Waals surface area contributed by atoms with Gasteiger partial charge in [0.1, 0.15) is 0 Å². The molecule has 122 valence electrons. The van der Waals surface area contributed by atoms with Gasteiger partial charge in [-0.15, -0.1) is 0 Å². The molecule has 0 spiro atoms. The van der Waals surface area contributed by atoms with Gasteiger partial charge in [-0.1, -0.05) is 48.5 Å². The Bertz CT molecular complexity index is 601. The highest BCUT2D eigenvalue weighted by Gasteiger charge is 2.41. The number of hydrogen-bond acceptors (Lipinski definition) is 3. The fraction of sp³-hybridized carbons (Fsp3) is 0.579. The fourth-order valence-electron chi connectivity index (χ4n) is 4.47. The lowest BCUT2D eigenvalue weighted by Crippen LogP contribution is -2.34. The molecule has 2 saturated carbocycles. The van der Waals surface area contributed by atoms with Gasteiger partial charge in [0.25, 0.3) is 0 Å². The van der Waals surface area contributed by atoms with Crippen LogP contribution in [0.3, 0.4) is 0 Å². The average molecular weight is 328 g/mol. The van der Waals surface area contributed by atoms with E-state index in [1.807, 2.05) is 23.1 Å². The van der Waals surface area contributed by atoms with Crippen molar-refractivity contribution in [1.82, 2.24) is 4.90 Å². The predicted octanol–water partition coefficient (Wildman–Crippen LogP) is 3.94. The van der Waals surface area contributed by atoms with Gasteiger partial charge in [-0.05, 0) is 42.6 Å². The van der Waals surface area contributed by atoms with Gasteiger partial charge in [-0.25, -0.2) is 0 Å². The number of carbonyl (C=O) groups is 1. The normalized spacial score (nSPS) is 31.2. The Balaban J connectivity index is 1.38. The first-order chi connectivity index (χ1) is 11.3. The van der Waals surface area contributed by atoms with Crippen molar-refractivity contribution >= 4 is 22.8 Å². The molecule has 23 heavy (non-hydrogen) atoms. The smallest absolute Gasteiger partial charge is 0.228 e. The maximum absolute atomic E-state index is 12.7.